The van der Waals surface area contributed by atoms with Gasteiger partial charge in [0.1, 0.15) is 16.6 Å². The van der Waals surface area contributed by atoms with Crippen molar-refractivity contribution >= 4 is 73.1 Å². The summed E-state index contributed by atoms with van der Waals surface area (Å²) in [5.74, 6) is -1.65. The van der Waals surface area contributed by atoms with E-state index in [1.807, 2.05) is 6.92 Å². The quantitative estimate of drug-likeness (QED) is 0.291. The van der Waals surface area contributed by atoms with Crippen molar-refractivity contribution < 1.29 is 32.1 Å². The molecule has 0 bridgehead atoms. The number of benzene rings is 2. The van der Waals surface area contributed by atoms with Gasteiger partial charge in [-0.05, 0) is 37.3 Å². The molecule has 2 N–H and O–H groups in total. The third kappa shape index (κ3) is 5.43. The molecular formula is C23H21N3O7S3. The van der Waals surface area contributed by atoms with Crippen LogP contribution in [-0.2, 0) is 24.5 Å². The molecule has 2 aliphatic heterocycles. The zero-order valence-electron chi connectivity index (χ0n) is 19.0. The van der Waals surface area contributed by atoms with E-state index in [1.54, 1.807) is 48.5 Å². The van der Waals surface area contributed by atoms with Crippen LogP contribution in [0.5, 0.6) is 5.75 Å². The van der Waals surface area contributed by atoms with Crippen LogP contribution in [0.3, 0.4) is 0 Å². The van der Waals surface area contributed by atoms with Crippen molar-refractivity contribution in [2.75, 3.05) is 35.7 Å². The van der Waals surface area contributed by atoms with Crippen molar-refractivity contribution in [2.24, 2.45) is 0 Å². The lowest BCUT2D eigenvalue weighted by atomic mass is 10.1. The highest BCUT2D eigenvalue weighted by molar-refractivity contribution is 8.26. The molecule has 0 radical (unpaired) electrons. The predicted molar refractivity (Wildman–Crippen MR) is 140 cm³/mol. The first-order valence-corrected chi connectivity index (χ1v) is 13.6. The van der Waals surface area contributed by atoms with Gasteiger partial charge in [-0.25, -0.2) is 0 Å². The van der Waals surface area contributed by atoms with Gasteiger partial charge in [0.25, 0.3) is 21.9 Å². The number of nitrogens with zero attached hydrogens (tertiary/aromatic N) is 2. The first-order valence-electron chi connectivity index (χ1n) is 10.8. The molecule has 13 heteroatoms. The molecule has 3 amide bonds. The Morgan fingerprint density at radius 1 is 1.08 bits per heavy atom. The Kier molecular flexibility index (Phi) is 7.45. The summed E-state index contributed by atoms with van der Waals surface area (Å²) in [4.78, 5) is 41.6. The summed E-state index contributed by atoms with van der Waals surface area (Å²) < 4.78 is 36.7. The summed E-state index contributed by atoms with van der Waals surface area (Å²) in [6, 6.07) is 13.6. The SMILES string of the molecule is CCOc1ccc(NC(=O)CN2C(=O)/C(=C3/SC(=S)N(CCS(=O)(=O)O)C3=O)c3ccccc32)cc1. The van der Waals surface area contributed by atoms with E-state index in [9.17, 15) is 22.8 Å². The van der Waals surface area contributed by atoms with E-state index in [0.29, 0.717) is 29.3 Å². The molecule has 4 rings (SSSR count). The normalized spacial score (nSPS) is 17.6. The minimum atomic E-state index is -4.31. The van der Waals surface area contributed by atoms with Crippen LogP contribution in [-0.4, -0.2) is 65.4 Å². The van der Waals surface area contributed by atoms with Crippen LogP contribution in [0.25, 0.3) is 5.57 Å². The standard InChI is InChI=1S/C23H21N3O7S3/c1-2-33-15-9-7-14(8-10-15)24-18(27)13-26-17-6-4-3-5-16(17)19(21(26)28)20-22(29)25(23(34)35-20)11-12-36(30,31)32/h3-10H,2,11-13H2,1H3,(H,24,27)(H,30,31,32)/b20-19+. The van der Waals surface area contributed by atoms with Gasteiger partial charge in [-0.3, -0.25) is 28.7 Å². The van der Waals surface area contributed by atoms with Crippen LogP contribution in [0.2, 0.25) is 0 Å². The van der Waals surface area contributed by atoms with Gasteiger partial charge in [-0.1, -0.05) is 42.2 Å². The fraction of sp³-hybridized carbons (Fsp3) is 0.217. The molecule has 10 nitrogen and oxygen atoms in total. The van der Waals surface area contributed by atoms with Gasteiger partial charge >= 0.3 is 0 Å². The number of ether oxygens (including phenoxy) is 1. The Morgan fingerprint density at radius 3 is 2.44 bits per heavy atom. The number of carbonyl (C=O) groups is 3. The Morgan fingerprint density at radius 2 is 1.78 bits per heavy atom. The largest absolute Gasteiger partial charge is 0.494 e. The van der Waals surface area contributed by atoms with Crippen molar-refractivity contribution in [3.8, 4) is 5.75 Å². The highest BCUT2D eigenvalue weighted by atomic mass is 32.2. The first kappa shape index (κ1) is 25.8. The van der Waals surface area contributed by atoms with Gasteiger partial charge in [0, 0.05) is 17.8 Å². The maximum absolute atomic E-state index is 13.4. The zero-order chi connectivity index (χ0) is 26.0. The van der Waals surface area contributed by atoms with Crippen molar-refractivity contribution in [3.05, 3.63) is 59.0 Å². The second-order valence-electron chi connectivity index (χ2n) is 7.73. The molecular weight excluding hydrogens is 526 g/mol. The number of thiocarbonyl (C=S) groups is 1. The number of nitrogens with one attached hydrogen (secondary N) is 1. The summed E-state index contributed by atoms with van der Waals surface area (Å²) in [5.41, 5.74) is 1.55. The molecule has 2 aliphatic rings. The van der Waals surface area contributed by atoms with Crippen LogP contribution in [0.1, 0.15) is 12.5 Å². The number of fused-ring (bicyclic) bond motifs is 1. The third-order valence-corrected chi connectivity index (χ3v) is 7.47. The number of rotatable bonds is 8. The lowest BCUT2D eigenvalue weighted by Crippen LogP contribution is -2.36. The number of para-hydroxylation sites is 1. The zero-order valence-corrected chi connectivity index (χ0v) is 21.4. The number of thioether (sulfide) groups is 1. The molecule has 0 atom stereocenters. The average molecular weight is 548 g/mol. The third-order valence-electron chi connectivity index (χ3n) is 5.32. The van der Waals surface area contributed by atoms with E-state index in [0.717, 1.165) is 16.7 Å². The van der Waals surface area contributed by atoms with Crippen molar-refractivity contribution in [2.45, 2.75) is 6.92 Å². The highest BCUT2D eigenvalue weighted by Gasteiger charge is 2.42. The summed E-state index contributed by atoms with van der Waals surface area (Å²) in [7, 11) is -4.31. The van der Waals surface area contributed by atoms with E-state index in [2.05, 4.69) is 5.32 Å². The molecule has 0 spiro atoms. The van der Waals surface area contributed by atoms with E-state index >= 15 is 0 Å². The molecule has 0 aromatic heterocycles. The van der Waals surface area contributed by atoms with Gasteiger partial charge in [0.05, 0.1) is 28.5 Å². The molecule has 0 aliphatic carbocycles. The molecule has 1 fully saturated rings. The summed E-state index contributed by atoms with van der Waals surface area (Å²) in [6.45, 7) is 1.75. The fourth-order valence-electron chi connectivity index (χ4n) is 3.75. The molecule has 2 aromatic carbocycles. The maximum atomic E-state index is 13.4. The Bertz CT molecular complexity index is 1390. The van der Waals surface area contributed by atoms with Gasteiger partial charge < -0.3 is 10.1 Å². The van der Waals surface area contributed by atoms with E-state index in [4.69, 9.17) is 21.5 Å². The fourth-order valence-corrected chi connectivity index (χ4v) is 5.54. The van der Waals surface area contributed by atoms with Gasteiger partial charge in [-0.15, -0.1) is 0 Å². The lowest BCUT2D eigenvalue weighted by molar-refractivity contribution is -0.122. The monoisotopic (exact) mass is 547 g/mol. The Hall–Kier alpha value is -3.26. The summed E-state index contributed by atoms with van der Waals surface area (Å²) in [5, 5.41) is 2.74. The van der Waals surface area contributed by atoms with E-state index in [1.165, 1.54) is 4.90 Å². The van der Waals surface area contributed by atoms with Crippen LogP contribution < -0.4 is 15.0 Å². The minimum Gasteiger partial charge on any atom is -0.494 e. The number of anilines is 2. The molecule has 2 heterocycles. The smallest absolute Gasteiger partial charge is 0.267 e. The van der Waals surface area contributed by atoms with Crippen molar-refractivity contribution in [1.82, 2.24) is 4.90 Å². The van der Waals surface area contributed by atoms with Gasteiger partial charge in [0.15, 0.2) is 0 Å². The van der Waals surface area contributed by atoms with Crippen LogP contribution in [0.15, 0.2) is 53.4 Å². The van der Waals surface area contributed by atoms with E-state index < -0.39 is 33.6 Å². The number of carbonyl (C=O) groups excluding carboxylic acids is 3. The predicted octanol–water partition coefficient (Wildman–Crippen LogP) is 2.53. The second-order valence-corrected chi connectivity index (χ2v) is 10.9. The number of amides is 3. The Labute approximate surface area is 217 Å². The van der Waals surface area contributed by atoms with Gasteiger partial charge in [0.2, 0.25) is 5.91 Å². The molecule has 188 valence electrons. The highest BCUT2D eigenvalue weighted by Crippen LogP contribution is 2.44. The minimum absolute atomic E-state index is 0.0437. The van der Waals surface area contributed by atoms with E-state index in [-0.39, 0.29) is 27.9 Å². The molecule has 2 aromatic rings. The number of hydrogen-bond acceptors (Lipinski definition) is 8. The van der Waals surface area contributed by atoms with Crippen LogP contribution in [0.4, 0.5) is 11.4 Å². The summed E-state index contributed by atoms with van der Waals surface area (Å²) >= 11 is 6.09. The summed E-state index contributed by atoms with van der Waals surface area (Å²) in [6.07, 6.45) is 0. The second kappa shape index (κ2) is 10.4. The lowest BCUT2D eigenvalue weighted by Gasteiger charge is -2.17. The molecule has 0 saturated carbocycles. The van der Waals surface area contributed by atoms with Crippen molar-refractivity contribution in [1.29, 1.82) is 0 Å². The topological polar surface area (TPSA) is 133 Å². The molecule has 36 heavy (non-hydrogen) atoms. The Balaban J connectivity index is 1.57. The van der Waals surface area contributed by atoms with Crippen LogP contribution >= 0.6 is 24.0 Å². The van der Waals surface area contributed by atoms with Gasteiger partial charge in [-0.2, -0.15) is 8.42 Å². The molecule has 0 unspecified atom stereocenters. The molecule has 1 saturated heterocycles. The number of hydrogen-bond donors (Lipinski definition) is 2. The van der Waals surface area contributed by atoms with Crippen LogP contribution in [0, 0.1) is 0 Å². The first-order chi connectivity index (χ1) is 17.1. The average Bonchev–Trinajstić information content (AvgIpc) is 3.25. The van der Waals surface area contributed by atoms with Crippen molar-refractivity contribution in [3.63, 3.8) is 0 Å². The maximum Gasteiger partial charge on any atom is 0.267 e.